The van der Waals surface area contributed by atoms with Crippen molar-refractivity contribution in [3.63, 3.8) is 0 Å². The smallest absolute Gasteiger partial charge is 0.328 e. The predicted molar refractivity (Wildman–Crippen MR) is 182 cm³/mol. The fourth-order valence-corrected chi connectivity index (χ4v) is 5.40. The van der Waals surface area contributed by atoms with E-state index >= 15 is 0 Å². The van der Waals surface area contributed by atoms with Crippen LogP contribution in [0.2, 0.25) is 0 Å². The van der Waals surface area contributed by atoms with E-state index in [1.54, 1.807) is 30.3 Å². The molecule has 234 valence electrons. The van der Waals surface area contributed by atoms with Crippen LogP contribution >= 0.6 is 0 Å². The largest absolute Gasteiger partial charge is 0.492 e. The van der Waals surface area contributed by atoms with Gasteiger partial charge >= 0.3 is 5.97 Å². The Morgan fingerprint density at radius 2 is 1.43 bits per heavy atom. The summed E-state index contributed by atoms with van der Waals surface area (Å²) in [6.45, 7) is 3.49. The second-order valence-electron chi connectivity index (χ2n) is 11.0. The van der Waals surface area contributed by atoms with Crippen molar-refractivity contribution in [2.75, 3.05) is 32.1 Å². The molecule has 0 saturated heterocycles. The molecule has 0 aliphatic rings. The number of ketones is 1. The first-order chi connectivity index (χ1) is 22.5. The molecule has 5 aromatic rings. The number of hydrogen-bond acceptors (Lipinski definition) is 6. The summed E-state index contributed by atoms with van der Waals surface area (Å²) in [5, 5.41) is 5.38. The van der Waals surface area contributed by atoms with E-state index in [2.05, 4.69) is 12.2 Å². The number of benzene rings is 5. The number of ether oxygens (including phenoxy) is 2. The lowest BCUT2D eigenvalue weighted by Crippen LogP contribution is -2.35. The molecule has 0 spiro atoms. The second-order valence-corrected chi connectivity index (χ2v) is 11.0. The zero-order chi connectivity index (χ0) is 32.3. The SMILES string of the molecule is CCCN(CCOc1ccc(CC(Nc2ccccc2C(=O)c2ccccc2)C(=O)OC)cc1)C(=O)c1ccc2ccccc2c1. The van der Waals surface area contributed by atoms with Crippen LogP contribution in [0.4, 0.5) is 5.69 Å². The van der Waals surface area contributed by atoms with Crippen LogP contribution < -0.4 is 10.1 Å². The van der Waals surface area contributed by atoms with Crippen molar-refractivity contribution in [2.24, 2.45) is 0 Å². The van der Waals surface area contributed by atoms with Gasteiger partial charge in [-0.1, -0.05) is 91.9 Å². The third kappa shape index (κ3) is 7.99. The van der Waals surface area contributed by atoms with E-state index in [9.17, 15) is 14.4 Å². The Morgan fingerprint density at radius 3 is 2.17 bits per heavy atom. The molecule has 0 bridgehead atoms. The van der Waals surface area contributed by atoms with Gasteiger partial charge in [0, 0.05) is 35.3 Å². The van der Waals surface area contributed by atoms with Crippen molar-refractivity contribution >= 4 is 34.1 Å². The molecule has 1 unspecified atom stereocenters. The van der Waals surface area contributed by atoms with E-state index in [4.69, 9.17) is 9.47 Å². The molecule has 7 heteroatoms. The van der Waals surface area contributed by atoms with Crippen molar-refractivity contribution in [1.29, 1.82) is 0 Å². The van der Waals surface area contributed by atoms with Crippen LogP contribution in [0.5, 0.6) is 5.75 Å². The number of carbonyl (C=O) groups is 3. The third-order valence-electron chi connectivity index (χ3n) is 7.79. The van der Waals surface area contributed by atoms with Gasteiger partial charge in [-0.3, -0.25) is 9.59 Å². The summed E-state index contributed by atoms with van der Waals surface area (Å²) in [5.41, 5.74) is 3.15. The number of nitrogens with one attached hydrogen (secondary N) is 1. The maximum atomic E-state index is 13.3. The average molecular weight is 615 g/mol. The van der Waals surface area contributed by atoms with Gasteiger partial charge in [-0.15, -0.1) is 0 Å². The summed E-state index contributed by atoms with van der Waals surface area (Å²) >= 11 is 0. The Morgan fingerprint density at radius 1 is 0.739 bits per heavy atom. The number of esters is 1. The number of rotatable bonds is 14. The third-order valence-corrected chi connectivity index (χ3v) is 7.79. The lowest BCUT2D eigenvalue weighted by atomic mass is 10.00. The minimum atomic E-state index is -0.717. The van der Waals surface area contributed by atoms with Crippen LogP contribution in [0.25, 0.3) is 10.8 Å². The summed E-state index contributed by atoms with van der Waals surface area (Å²) in [4.78, 5) is 41.1. The first-order valence-electron chi connectivity index (χ1n) is 15.5. The van der Waals surface area contributed by atoms with Crippen molar-refractivity contribution < 1.29 is 23.9 Å². The normalized spacial score (nSPS) is 11.4. The highest BCUT2D eigenvalue weighted by Crippen LogP contribution is 2.23. The first kappa shape index (κ1) is 32.0. The molecule has 0 heterocycles. The van der Waals surface area contributed by atoms with E-state index in [-0.39, 0.29) is 11.7 Å². The Hall–Kier alpha value is -5.43. The highest BCUT2D eigenvalue weighted by Gasteiger charge is 2.23. The van der Waals surface area contributed by atoms with Gasteiger partial charge in [0.05, 0.1) is 13.7 Å². The van der Waals surface area contributed by atoms with Crippen molar-refractivity contribution in [1.82, 2.24) is 4.90 Å². The molecule has 46 heavy (non-hydrogen) atoms. The van der Waals surface area contributed by atoms with Gasteiger partial charge in [-0.05, 0) is 59.2 Å². The number of amides is 1. The van der Waals surface area contributed by atoms with Gasteiger partial charge in [0.15, 0.2) is 5.78 Å². The number of anilines is 1. The van der Waals surface area contributed by atoms with Crippen molar-refractivity contribution in [3.05, 3.63) is 144 Å². The van der Waals surface area contributed by atoms with Crippen LogP contribution in [-0.2, 0) is 16.0 Å². The van der Waals surface area contributed by atoms with Gasteiger partial charge in [0.25, 0.3) is 5.91 Å². The van der Waals surface area contributed by atoms with E-state index in [0.717, 1.165) is 22.8 Å². The monoisotopic (exact) mass is 614 g/mol. The fourth-order valence-electron chi connectivity index (χ4n) is 5.40. The Kier molecular flexibility index (Phi) is 10.8. The first-order valence-corrected chi connectivity index (χ1v) is 15.5. The molecule has 5 aromatic carbocycles. The molecule has 0 saturated carbocycles. The number of para-hydroxylation sites is 1. The van der Waals surface area contributed by atoms with Crippen LogP contribution in [-0.4, -0.2) is 55.4 Å². The van der Waals surface area contributed by atoms with Crippen molar-refractivity contribution in [3.8, 4) is 5.75 Å². The molecule has 0 aromatic heterocycles. The maximum Gasteiger partial charge on any atom is 0.328 e. The summed E-state index contributed by atoms with van der Waals surface area (Å²) in [5.74, 6) is 0.0827. The molecule has 1 atom stereocenters. The number of hydrogen-bond donors (Lipinski definition) is 1. The van der Waals surface area contributed by atoms with Gasteiger partial charge in [0.1, 0.15) is 18.4 Å². The van der Waals surface area contributed by atoms with E-state index in [1.165, 1.54) is 7.11 Å². The zero-order valence-corrected chi connectivity index (χ0v) is 26.1. The minimum absolute atomic E-state index is 0.0139. The second kappa shape index (κ2) is 15.5. The lowest BCUT2D eigenvalue weighted by molar-refractivity contribution is -0.141. The predicted octanol–water partition coefficient (Wildman–Crippen LogP) is 7.20. The van der Waals surface area contributed by atoms with Crippen LogP contribution in [0.1, 0.15) is 45.2 Å². The minimum Gasteiger partial charge on any atom is -0.492 e. The average Bonchev–Trinajstić information content (AvgIpc) is 3.11. The molecule has 1 amide bonds. The molecule has 0 aliphatic carbocycles. The Labute approximate surface area is 269 Å². The zero-order valence-electron chi connectivity index (χ0n) is 26.1. The summed E-state index contributed by atoms with van der Waals surface area (Å²) in [6, 6.07) is 36.8. The van der Waals surface area contributed by atoms with E-state index in [0.29, 0.717) is 54.2 Å². The molecule has 0 fully saturated rings. The molecule has 0 radical (unpaired) electrons. The number of nitrogens with zero attached hydrogens (tertiary/aromatic N) is 1. The van der Waals surface area contributed by atoms with Crippen LogP contribution in [0, 0.1) is 0 Å². The highest BCUT2D eigenvalue weighted by molar-refractivity contribution is 6.12. The van der Waals surface area contributed by atoms with Crippen LogP contribution in [0.15, 0.2) is 121 Å². The molecule has 0 aliphatic heterocycles. The molecule has 5 rings (SSSR count). The van der Waals surface area contributed by atoms with Gasteiger partial charge in [-0.25, -0.2) is 4.79 Å². The van der Waals surface area contributed by atoms with Crippen molar-refractivity contribution in [2.45, 2.75) is 25.8 Å². The standard InChI is InChI=1S/C39H38N2O5/c1-3-23-41(38(43)32-20-19-29-11-7-8-14-31(29)27-32)24-25-46-33-21-17-28(18-22-33)26-36(39(44)45-2)40-35-16-10-9-15-34(35)37(42)30-12-5-4-6-13-30/h4-22,27,36,40H,3,23-26H2,1-2H3. The maximum absolute atomic E-state index is 13.3. The summed E-state index contributed by atoms with van der Waals surface area (Å²) in [6.07, 6.45) is 1.18. The topological polar surface area (TPSA) is 84.9 Å². The van der Waals surface area contributed by atoms with Gasteiger partial charge in [-0.2, -0.15) is 0 Å². The fraction of sp³-hybridized carbons (Fsp3) is 0.205. The Bertz CT molecular complexity index is 1790. The molecule has 1 N–H and O–H groups in total. The number of methoxy groups -OCH3 is 1. The van der Waals surface area contributed by atoms with E-state index < -0.39 is 12.0 Å². The van der Waals surface area contributed by atoms with E-state index in [1.807, 2.05) is 95.9 Å². The highest BCUT2D eigenvalue weighted by atomic mass is 16.5. The summed E-state index contributed by atoms with van der Waals surface area (Å²) < 4.78 is 11.1. The van der Waals surface area contributed by atoms with Crippen LogP contribution in [0.3, 0.4) is 0 Å². The quantitative estimate of drug-likeness (QED) is 0.105. The van der Waals surface area contributed by atoms with Gasteiger partial charge < -0.3 is 19.7 Å². The molecular formula is C39H38N2O5. The molecule has 7 nitrogen and oxygen atoms in total. The molecular weight excluding hydrogens is 576 g/mol. The number of carbonyl (C=O) groups excluding carboxylic acids is 3. The number of fused-ring (bicyclic) bond motifs is 1. The van der Waals surface area contributed by atoms with Gasteiger partial charge in [0.2, 0.25) is 0 Å². The lowest BCUT2D eigenvalue weighted by Gasteiger charge is -2.22. The Balaban J connectivity index is 1.21. The summed E-state index contributed by atoms with van der Waals surface area (Å²) in [7, 11) is 1.35.